The summed E-state index contributed by atoms with van der Waals surface area (Å²) in [6, 6.07) is 8.02. The molecule has 8 nitrogen and oxygen atoms in total. The SMILES string of the molecule is CC(=O)NCCN(C(=O)c1nc(-c2ccccc2)oc1C)C(C)C(=O)O. The van der Waals surface area contributed by atoms with Crippen LogP contribution in [0.1, 0.15) is 30.1 Å². The van der Waals surface area contributed by atoms with Gasteiger partial charge in [0.15, 0.2) is 5.69 Å². The van der Waals surface area contributed by atoms with Crippen molar-refractivity contribution < 1.29 is 23.9 Å². The quantitative estimate of drug-likeness (QED) is 0.778. The number of carboxylic acid groups (broad SMARTS) is 1. The molecule has 2 aromatic rings. The van der Waals surface area contributed by atoms with Gasteiger partial charge in [-0.05, 0) is 26.0 Å². The molecule has 0 saturated carbocycles. The third kappa shape index (κ3) is 4.47. The molecule has 1 unspecified atom stereocenters. The molecule has 1 aromatic carbocycles. The summed E-state index contributed by atoms with van der Waals surface area (Å²) in [7, 11) is 0. The lowest BCUT2D eigenvalue weighted by atomic mass is 10.2. The number of hydrogen-bond acceptors (Lipinski definition) is 5. The zero-order chi connectivity index (χ0) is 19.3. The monoisotopic (exact) mass is 359 g/mol. The van der Waals surface area contributed by atoms with E-state index in [9.17, 15) is 19.5 Å². The summed E-state index contributed by atoms with van der Waals surface area (Å²) in [6.45, 7) is 4.53. The van der Waals surface area contributed by atoms with Gasteiger partial charge in [0, 0.05) is 25.6 Å². The number of oxazole rings is 1. The van der Waals surface area contributed by atoms with Crippen molar-refractivity contribution in [2.24, 2.45) is 0 Å². The standard InChI is InChI=1S/C18H21N3O5/c1-11(18(24)25)21(10-9-19-13(3)22)17(23)15-12(2)26-16(20-15)14-7-5-4-6-8-14/h4-8,11H,9-10H2,1-3H3,(H,19,22)(H,24,25). The van der Waals surface area contributed by atoms with Crippen LogP contribution < -0.4 is 5.32 Å². The van der Waals surface area contributed by atoms with E-state index >= 15 is 0 Å². The van der Waals surface area contributed by atoms with Gasteiger partial charge in [-0.2, -0.15) is 0 Å². The Bertz CT molecular complexity index is 800. The minimum absolute atomic E-state index is 0.0405. The molecule has 2 N–H and O–H groups in total. The number of carbonyl (C=O) groups is 3. The van der Waals surface area contributed by atoms with E-state index in [1.807, 2.05) is 18.2 Å². The molecule has 0 bridgehead atoms. The largest absolute Gasteiger partial charge is 0.480 e. The van der Waals surface area contributed by atoms with E-state index in [0.717, 1.165) is 4.90 Å². The van der Waals surface area contributed by atoms with Gasteiger partial charge in [0.1, 0.15) is 11.8 Å². The summed E-state index contributed by atoms with van der Waals surface area (Å²) in [4.78, 5) is 40.6. The third-order valence-corrected chi connectivity index (χ3v) is 3.83. The number of aromatic nitrogens is 1. The molecule has 1 aromatic heterocycles. The van der Waals surface area contributed by atoms with Crippen LogP contribution in [-0.2, 0) is 9.59 Å². The summed E-state index contributed by atoms with van der Waals surface area (Å²) in [5.41, 5.74) is 0.769. The first-order chi connectivity index (χ1) is 12.3. The average Bonchev–Trinajstić information content (AvgIpc) is 3.00. The zero-order valence-electron chi connectivity index (χ0n) is 14.9. The minimum atomic E-state index is -1.15. The van der Waals surface area contributed by atoms with E-state index in [-0.39, 0.29) is 30.6 Å². The van der Waals surface area contributed by atoms with E-state index < -0.39 is 17.9 Å². The molecule has 0 aliphatic carbocycles. The number of nitrogens with one attached hydrogen (secondary N) is 1. The molecule has 0 aliphatic heterocycles. The molecule has 1 heterocycles. The average molecular weight is 359 g/mol. The first-order valence-electron chi connectivity index (χ1n) is 8.12. The number of carbonyl (C=O) groups excluding carboxylic acids is 2. The number of benzene rings is 1. The zero-order valence-corrected chi connectivity index (χ0v) is 14.9. The molecule has 0 fully saturated rings. The van der Waals surface area contributed by atoms with Crippen molar-refractivity contribution in [3.05, 3.63) is 41.8 Å². The lowest BCUT2D eigenvalue weighted by Gasteiger charge is -2.25. The summed E-state index contributed by atoms with van der Waals surface area (Å²) in [5.74, 6) is -1.38. The van der Waals surface area contributed by atoms with Crippen molar-refractivity contribution in [2.45, 2.75) is 26.8 Å². The topological polar surface area (TPSA) is 113 Å². The number of aryl methyl sites for hydroxylation is 1. The van der Waals surface area contributed by atoms with E-state index in [1.165, 1.54) is 13.8 Å². The predicted octanol–water partition coefficient (Wildman–Crippen LogP) is 1.70. The highest BCUT2D eigenvalue weighted by atomic mass is 16.4. The normalized spacial score (nSPS) is 11.7. The van der Waals surface area contributed by atoms with Crippen molar-refractivity contribution in [3.8, 4) is 11.5 Å². The Balaban J connectivity index is 2.28. The molecular weight excluding hydrogens is 338 g/mol. The van der Waals surface area contributed by atoms with Gasteiger partial charge in [0.2, 0.25) is 11.8 Å². The Hall–Kier alpha value is -3.16. The van der Waals surface area contributed by atoms with Crippen LogP contribution in [0.25, 0.3) is 11.5 Å². The van der Waals surface area contributed by atoms with Crippen LogP contribution in [0.5, 0.6) is 0 Å². The van der Waals surface area contributed by atoms with E-state index in [1.54, 1.807) is 19.1 Å². The number of hydrogen-bond donors (Lipinski definition) is 2. The number of carboxylic acids is 1. The second kappa shape index (κ2) is 8.28. The minimum Gasteiger partial charge on any atom is -0.480 e. The second-order valence-electron chi connectivity index (χ2n) is 5.79. The first kappa shape index (κ1) is 19.2. The lowest BCUT2D eigenvalue weighted by Crippen LogP contribution is -2.47. The van der Waals surface area contributed by atoms with Crippen LogP contribution in [0.15, 0.2) is 34.7 Å². The smallest absolute Gasteiger partial charge is 0.326 e. The second-order valence-corrected chi connectivity index (χ2v) is 5.79. The van der Waals surface area contributed by atoms with Gasteiger partial charge in [-0.15, -0.1) is 0 Å². The highest BCUT2D eigenvalue weighted by molar-refractivity contribution is 5.96. The highest BCUT2D eigenvalue weighted by Crippen LogP contribution is 2.22. The maximum Gasteiger partial charge on any atom is 0.326 e. The highest BCUT2D eigenvalue weighted by Gasteiger charge is 2.30. The Morgan fingerprint density at radius 3 is 2.50 bits per heavy atom. The maximum absolute atomic E-state index is 12.9. The molecular formula is C18H21N3O5. The molecule has 0 aliphatic rings. The van der Waals surface area contributed by atoms with Gasteiger partial charge in [-0.1, -0.05) is 18.2 Å². The van der Waals surface area contributed by atoms with E-state index in [4.69, 9.17) is 4.42 Å². The van der Waals surface area contributed by atoms with Crippen molar-refractivity contribution in [3.63, 3.8) is 0 Å². The number of aliphatic carboxylic acids is 1. The van der Waals surface area contributed by atoms with Crippen molar-refractivity contribution >= 4 is 17.8 Å². The molecule has 2 rings (SSSR count). The van der Waals surface area contributed by atoms with Gasteiger partial charge >= 0.3 is 5.97 Å². The third-order valence-electron chi connectivity index (χ3n) is 3.83. The summed E-state index contributed by atoms with van der Waals surface area (Å²) >= 11 is 0. The van der Waals surface area contributed by atoms with Crippen LogP contribution >= 0.6 is 0 Å². The van der Waals surface area contributed by atoms with Crippen LogP contribution in [0.2, 0.25) is 0 Å². The molecule has 138 valence electrons. The predicted molar refractivity (Wildman–Crippen MR) is 93.5 cm³/mol. The van der Waals surface area contributed by atoms with Gasteiger partial charge < -0.3 is 19.7 Å². The van der Waals surface area contributed by atoms with Crippen molar-refractivity contribution in [1.82, 2.24) is 15.2 Å². The molecule has 26 heavy (non-hydrogen) atoms. The Kier molecular flexibility index (Phi) is 6.11. The van der Waals surface area contributed by atoms with E-state index in [2.05, 4.69) is 10.3 Å². The molecule has 0 spiro atoms. The Labute approximate surface area is 150 Å². The van der Waals surface area contributed by atoms with Crippen LogP contribution in [-0.4, -0.2) is 51.9 Å². The summed E-state index contributed by atoms with van der Waals surface area (Å²) in [5, 5.41) is 11.8. The van der Waals surface area contributed by atoms with Gasteiger partial charge in [0.25, 0.3) is 5.91 Å². The fraction of sp³-hybridized carbons (Fsp3) is 0.333. The molecule has 0 saturated heterocycles. The molecule has 8 heteroatoms. The van der Waals surface area contributed by atoms with Crippen LogP contribution in [0, 0.1) is 6.92 Å². The van der Waals surface area contributed by atoms with E-state index in [0.29, 0.717) is 11.3 Å². The van der Waals surface area contributed by atoms with Crippen molar-refractivity contribution in [2.75, 3.05) is 13.1 Å². The van der Waals surface area contributed by atoms with Crippen molar-refractivity contribution in [1.29, 1.82) is 0 Å². The number of nitrogens with zero attached hydrogens (tertiary/aromatic N) is 2. The van der Waals surface area contributed by atoms with Crippen LogP contribution in [0.4, 0.5) is 0 Å². The Morgan fingerprint density at radius 1 is 1.27 bits per heavy atom. The Morgan fingerprint density at radius 2 is 1.92 bits per heavy atom. The number of rotatable bonds is 7. The van der Waals surface area contributed by atoms with Crippen LogP contribution in [0.3, 0.4) is 0 Å². The molecule has 1 atom stereocenters. The molecule has 2 amide bonds. The maximum atomic E-state index is 12.9. The van der Waals surface area contributed by atoms with Gasteiger partial charge in [0.05, 0.1) is 0 Å². The first-order valence-corrected chi connectivity index (χ1v) is 8.12. The molecule has 0 radical (unpaired) electrons. The van der Waals surface area contributed by atoms with Gasteiger partial charge in [-0.3, -0.25) is 9.59 Å². The summed E-state index contributed by atoms with van der Waals surface area (Å²) < 4.78 is 5.58. The van der Waals surface area contributed by atoms with Gasteiger partial charge in [-0.25, -0.2) is 9.78 Å². The fourth-order valence-electron chi connectivity index (χ4n) is 2.39. The number of amides is 2. The fourth-order valence-corrected chi connectivity index (χ4v) is 2.39. The lowest BCUT2D eigenvalue weighted by molar-refractivity contribution is -0.141. The summed E-state index contributed by atoms with van der Waals surface area (Å²) in [6.07, 6.45) is 0.